The van der Waals surface area contributed by atoms with Crippen molar-refractivity contribution in [3.63, 3.8) is 0 Å². The molecule has 1 heterocycles. The molecule has 0 aliphatic carbocycles. The third kappa shape index (κ3) is 4.68. The minimum absolute atomic E-state index is 0.0654. The molecule has 100 valence electrons. The van der Waals surface area contributed by atoms with Gasteiger partial charge in [0.15, 0.2) is 0 Å². The Morgan fingerprint density at radius 2 is 2.26 bits per heavy atom. The number of carboxylic acids is 1. The lowest BCUT2D eigenvalue weighted by Gasteiger charge is -2.17. The second-order valence-electron chi connectivity index (χ2n) is 3.92. The molecule has 6 heteroatoms. The summed E-state index contributed by atoms with van der Waals surface area (Å²) in [6.45, 7) is 1.77. The second kappa shape index (κ2) is 7.01. The van der Waals surface area contributed by atoms with Crippen molar-refractivity contribution in [2.45, 2.75) is 25.4 Å². The third-order valence-corrected chi connectivity index (χ3v) is 2.46. The molecule has 2 atom stereocenters. The lowest BCUT2D eigenvalue weighted by Crippen LogP contribution is -2.46. The van der Waals surface area contributed by atoms with E-state index in [0.717, 1.165) is 5.56 Å². The summed E-state index contributed by atoms with van der Waals surface area (Å²) in [7, 11) is 0. The highest BCUT2D eigenvalue weighted by atomic mass is 16.4. The summed E-state index contributed by atoms with van der Waals surface area (Å²) < 4.78 is 0. The highest BCUT2D eigenvalue weighted by Gasteiger charge is 2.19. The molecule has 0 aromatic carbocycles. The predicted molar refractivity (Wildman–Crippen MR) is 69.2 cm³/mol. The van der Waals surface area contributed by atoms with Crippen LogP contribution in [0.4, 0.5) is 4.79 Å². The van der Waals surface area contributed by atoms with Crippen molar-refractivity contribution in [3.8, 4) is 12.3 Å². The molecule has 0 bridgehead atoms. The fourth-order valence-corrected chi connectivity index (χ4v) is 1.43. The number of nitrogens with zero attached hydrogens (tertiary/aromatic N) is 1. The van der Waals surface area contributed by atoms with Crippen LogP contribution in [0.15, 0.2) is 24.5 Å². The zero-order valence-corrected chi connectivity index (χ0v) is 10.5. The maximum atomic E-state index is 11.6. The van der Waals surface area contributed by atoms with Gasteiger partial charge in [-0.15, -0.1) is 12.3 Å². The van der Waals surface area contributed by atoms with Gasteiger partial charge in [0.1, 0.15) is 6.04 Å². The van der Waals surface area contributed by atoms with Crippen LogP contribution >= 0.6 is 0 Å². The number of aliphatic carboxylic acids is 1. The summed E-state index contributed by atoms with van der Waals surface area (Å²) in [5.41, 5.74) is 0.821. The third-order valence-electron chi connectivity index (χ3n) is 2.46. The summed E-state index contributed by atoms with van der Waals surface area (Å²) >= 11 is 0. The van der Waals surface area contributed by atoms with Crippen LogP contribution < -0.4 is 10.6 Å². The lowest BCUT2D eigenvalue weighted by molar-refractivity contribution is -0.139. The molecule has 0 saturated carbocycles. The van der Waals surface area contributed by atoms with E-state index in [9.17, 15) is 9.59 Å². The maximum Gasteiger partial charge on any atom is 0.327 e. The number of rotatable bonds is 5. The van der Waals surface area contributed by atoms with E-state index in [1.54, 1.807) is 25.4 Å². The van der Waals surface area contributed by atoms with E-state index in [2.05, 4.69) is 21.5 Å². The average Bonchev–Trinajstić information content (AvgIpc) is 2.39. The van der Waals surface area contributed by atoms with Crippen molar-refractivity contribution < 1.29 is 14.7 Å². The van der Waals surface area contributed by atoms with Crippen LogP contribution in [0.25, 0.3) is 0 Å². The molecule has 1 aromatic rings. The van der Waals surface area contributed by atoms with Crippen LogP contribution in [-0.2, 0) is 4.79 Å². The first-order chi connectivity index (χ1) is 9.04. The molecular weight excluding hydrogens is 246 g/mol. The first kappa shape index (κ1) is 14.5. The molecule has 0 aliphatic heterocycles. The standard InChI is InChI=1S/C13H15N3O3/c1-3-5-11(12(17)18)16-13(19)15-9(2)10-6-4-7-14-8-10/h1,4,6-9,11H,5H2,2H3,(H,17,18)(H2,15,16,19). The zero-order chi connectivity index (χ0) is 14.3. The lowest BCUT2D eigenvalue weighted by atomic mass is 10.1. The summed E-state index contributed by atoms with van der Waals surface area (Å²) in [6, 6.07) is 1.61. The second-order valence-corrected chi connectivity index (χ2v) is 3.92. The number of amides is 2. The van der Waals surface area contributed by atoms with Gasteiger partial charge in [-0.2, -0.15) is 0 Å². The molecule has 0 spiro atoms. The highest BCUT2D eigenvalue weighted by Crippen LogP contribution is 2.09. The number of carboxylic acid groups (broad SMARTS) is 1. The predicted octanol–water partition coefficient (Wildman–Crippen LogP) is 0.918. The number of carbonyl (C=O) groups is 2. The Bertz CT molecular complexity index is 482. The number of urea groups is 1. The Morgan fingerprint density at radius 3 is 2.79 bits per heavy atom. The van der Waals surface area contributed by atoms with Gasteiger partial charge in [-0.3, -0.25) is 4.98 Å². The fourth-order valence-electron chi connectivity index (χ4n) is 1.43. The van der Waals surface area contributed by atoms with E-state index in [0.29, 0.717) is 0 Å². The van der Waals surface area contributed by atoms with Crippen molar-refractivity contribution in [2.75, 3.05) is 0 Å². The summed E-state index contributed by atoms with van der Waals surface area (Å²) in [4.78, 5) is 26.4. The summed E-state index contributed by atoms with van der Waals surface area (Å²) in [6.07, 6.45) is 8.23. The number of pyridine rings is 1. The number of hydrogen-bond donors (Lipinski definition) is 3. The number of hydrogen-bond acceptors (Lipinski definition) is 3. The van der Waals surface area contributed by atoms with E-state index in [1.807, 2.05) is 6.07 Å². The molecule has 1 aromatic heterocycles. The molecule has 0 fully saturated rings. The van der Waals surface area contributed by atoms with Crippen LogP contribution in [-0.4, -0.2) is 28.1 Å². The summed E-state index contributed by atoms with van der Waals surface area (Å²) in [5.74, 6) is 1.04. The van der Waals surface area contributed by atoms with Gasteiger partial charge in [0.2, 0.25) is 0 Å². The smallest absolute Gasteiger partial charge is 0.327 e. The van der Waals surface area contributed by atoms with Crippen molar-refractivity contribution in [2.24, 2.45) is 0 Å². The molecule has 1 rings (SSSR count). The van der Waals surface area contributed by atoms with Gasteiger partial charge < -0.3 is 15.7 Å². The topological polar surface area (TPSA) is 91.3 Å². The Labute approximate surface area is 111 Å². The van der Waals surface area contributed by atoms with Crippen LogP contribution in [0.2, 0.25) is 0 Å². The van der Waals surface area contributed by atoms with Gasteiger partial charge in [0, 0.05) is 18.8 Å². The molecule has 2 amide bonds. The Hall–Kier alpha value is -2.55. The quantitative estimate of drug-likeness (QED) is 0.687. The fraction of sp³-hybridized carbons (Fsp3) is 0.308. The molecule has 6 nitrogen and oxygen atoms in total. The van der Waals surface area contributed by atoms with E-state index in [-0.39, 0.29) is 12.5 Å². The van der Waals surface area contributed by atoms with Crippen LogP contribution in [0.1, 0.15) is 24.9 Å². The van der Waals surface area contributed by atoms with E-state index >= 15 is 0 Å². The largest absolute Gasteiger partial charge is 0.480 e. The average molecular weight is 261 g/mol. The highest BCUT2D eigenvalue weighted by molar-refractivity contribution is 5.82. The maximum absolute atomic E-state index is 11.6. The number of carbonyl (C=O) groups excluding carboxylic acids is 1. The number of nitrogens with one attached hydrogen (secondary N) is 2. The Morgan fingerprint density at radius 1 is 1.53 bits per heavy atom. The van der Waals surface area contributed by atoms with Crippen molar-refractivity contribution in [1.82, 2.24) is 15.6 Å². The zero-order valence-electron chi connectivity index (χ0n) is 10.5. The van der Waals surface area contributed by atoms with E-state index in [1.165, 1.54) is 0 Å². The minimum atomic E-state index is -1.16. The van der Waals surface area contributed by atoms with Crippen molar-refractivity contribution >= 4 is 12.0 Å². The molecule has 0 aliphatic rings. The minimum Gasteiger partial charge on any atom is -0.480 e. The Kier molecular flexibility index (Phi) is 5.35. The number of terminal acetylenes is 1. The molecular formula is C13H15N3O3. The molecule has 0 radical (unpaired) electrons. The van der Waals surface area contributed by atoms with Gasteiger partial charge in [0.25, 0.3) is 0 Å². The van der Waals surface area contributed by atoms with Crippen LogP contribution in [0, 0.1) is 12.3 Å². The molecule has 3 N–H and O–H groups in total. The normalized spacial score (nSPS) is 12.8. The van der Waals surface area contributed by atoms with Crippen molar-refractivity contribution in [3.05, 3.63) is 30.1 Å². The number of aromatic nitrogens is 1. The van der Waals surface area contributed by atoms with Crippen LogP contribution in [0.3, 0.4) is 0 Å². The monoisotopic (exact) mass is 261 g/mol. The van der Waals surface area contributed by atoms with E-state index in [4.69, 9.17) is 11.5 Å². The Balaban J connectivity index is 2.55. The van der Waals surface area contributed by atoms with Gasteiger partial charge in [0.05, 0.1) is 6.04 Å². The van der Waals surface area contributed by atoms with Crippen molar-refractivity contribution in [1.29, 1.82) is 0 Å². The SMILES string of the molecule is C#CCC(NC(=O)NC(C)c1cccnc1)C(=O)O. The van der Waals surface area contributed by atoms with Crippen LogP contribution in [0.5, 0.6) is 0 Å². The first-order valence-corrected chi connectivity index (χ1v) is 5.67. The van der Waals surface area contributed by atoms with Gasteiger partial charge in [-0.25, -0.2) is 9.59 Å². The van der Waals surface area contributed by atoms with E-state index < -0.39 is 18.0 Å². The molecule has 0 saturated heterocycles. The molecule has 2 unspecified atom stereocenters. The molecule has 19 heavy (non-hydrogen) atoms. The van der Waals surface area contributed by atoms with Gasteiger partial charge >= 0.3 is 12.0 Å². The first-order valence-electron chi connectivity index (χ1n) is 5.67. The summed E-state index contributed by atoms with van der Waals surface area (Å²) in [5, 5.41) is 13.8. The van der Waals surface area contributed by atoms with Gasteiger partial charge in [-0.1, -0.05) is 6.07 Å². The van der Waals surface area contributed by atoms with Gasteiger partial charge in [-0.05, 0) is 18.6 Å².